The fourth-order valence-electron chi connectivity index (χ4n) is 2.67. The van der Waals surface area contributed by atoms with Gasteiger partial charge in [0.2, 0.25) is 0 Å². The van der Waals surface area contributed by atoms with Gasteiger partial charge in [-0.05, 0) is 47.9 Å². The smallest absolute Gasteiger partial charge is 0.263 e. The van der Waals surface area contributed by atoms with Crippen LogP contribution in [-0.2, 0) is 11.4 Å². The lowest BCUT2D eigenvalue weighted by atomic mass is 10.1. The van der Waals surface area contributed by atoms with Gasteiger partial charge in [-0.2, -0.15) is 0 Å². The van der Waals surface area contributed by atoms with E-state index in [9.17, 15) is 9.59 Å². The van der Waals surface area contributed by atoms with Crippen LogP contribution < -0.4 is 15.4 Å². The van der Waals surface area contributed by atoms with E-state index in [1.54, 1.807) is 18.2 Å². The van der Waals surface area contributed by atoms with E-state index in [-0.39, 0.29) is 11.8 Å². The van der Waals surface area contributed by atoms with Crippen LogP contribution in [0.2, 0.25) is 0 Å². The molecule has 0 spiro atoms. The summed E-state index contributed by atoms with van der Waals surface area (Å²) in [5.41, 5.74) is 2.47. The van der Waals surface area contributed by atoms with Crippen molar-refractivity contribution in [2.45, 2.75) is 26.4 Å². The van der Waals surface area contributed by atoms with Crippen molar-refractivity contribution < 1.29 is 14.3 Å². The number of benzene rings is 2. The minimum Gasteiger partial charge on any atom is -0.489 e. The summed E-state index contributed by atoms with van der Waals surface area (Å²) >= 11 is 6.26. The molecular weight excluding hydrogens is 404 g/mol. The minimum atomic E-state index is -0.176. The predicted octanol–water partition coefficient (Wildman–Crippen LogP) is 4.28. The molecule has 1 fully saturated rings. The van der Waals surface area contributed by atoms with Crippen molar-refractivity contribution in [2.24, 2.45) is 0 Å². The molecule has 2 N–H and O–H groups in total. The summed E-state index contributed by atoms with van der Waals surface area (Å²) in [5, 5.41) is 5.51. The molecule has 0 aromatic heterocycles. The molecule has 2 aromatic carbocycles. The first kappa shape index (κ1) is 21.1. The van der Waals surface area contributed by atoms with Crippen LogP contribution in [0.25, 0.3) is 6.08 Å². The van der Waals surface area contributed by atoms with Crippen LogP contribution in [0.3, 0.4) is 0 Å². The zero-order chi connectivity index (χ0) is 20.6. The van der Waals surface area contributed by atoms with Gasteiger partial charge in [0.1, 0.15) is 16.7 Å². The quantitative estimate of drug-likeness (QED) is 0.375. The minimum absolute atomic E-state index is 0.0556. The largest absolute Gasteiger partial charge is 0.489 e. The lowest BCUT2D eigenvalue weighted by Gasteiger charge is -2.08. The maximum absolute atomic E-state index is 12.0. The molecule has 3 rings (SSSR count). The number of hydrogen-bond donors (Lipinski definition) is 2. The van der Waals surface area contributed by atoms with Crippen LogP contribution in [-0.4, -0.2) is 22.7 Å². The van der Waals surface area contributed by atoms with E-state index in [0.29, 0.717) is 33.7 Å². The van der Waals surface area contributed by atoms with Crippen molar-refractivity contribution in [1.29, 1.82) is 0 Å². The summed E-state index contributed by atoms with van der Waals surface area (Å²) in [6.45, 7) is 3.17. The normalized spacial score (nSPS) is 14.7. The van der Waals surface area contributed by atoms with Crippen LogP contribution in [0.15, 0.2) is 53.4 Å². The third-order valence-electron chi connectivity index (χ3n) is 4.24. The lowest BCUT2D eigenvalue weighted by Crippen LogP contribution is -2.24. The molecule has 1 aliphatic rings. The van der Waals surface area contributed by atoms with Crippen molar-refractivity contribution in [3.05, 3.63) is 70.1 Å². The Morgan fingerprint density at radius 1 is 1.24 bits per heavy atom. The van der Waals surface area contributed by atoms with Crippen molar-refractivity contribution in [1.82, 2.24) is 10.6 Å². The summed E-state index contributed by atoms with van der Waals surface area (Å²) in [7, 11) is 0. The van der Waals surface area contributed by atoms with Gasteiger partial charge in [0.25, 0.3) is 11.8 Å². The number of hydrogen-bond acceptors (Lipinski definition) is 5. The number of amides is 2. The highest BCUT2D eigenvalue weighted by Gasteiger charge is 2.21. The first-order valence-corrected chi connectivity index (χ1v) is 10.6. The molecule has 0 atom stereocenters. The Hall–Kier alpha value is -2.64. The van der Waals surface area contributed by atoms with Crippen molar-refractivity contribution in [3.8, 4) is 5.75 Å². The first-order chi connectivity index (χ1) is 14.0. The average Bonchev–Trinajstić information content (AvgIpc) is 3.04. The number of thioether (sulfide) groups is 1. The second kappa shape index (κ2) is 10.2. The van der Waals surface area contributed by atoms with Gasteiger partial charge in [-0.15, -0.1) is 0 Å². The van der Waals surface area contributed by atoms with E-state index >= 15 is 0 Å². The maximum Gasteiger partial charge on any atom is 0.263 e. The lowest BCUT2D eigenvalue weighted by molar-refractivity contribution is -0.115. The Labute approximate surface area is 179 Å². The summed E-state index contributed by atoms with van der Waals surface area (Å²) < 4.78 is 6.33. The molecule has 2 amide bonds. The van der Waals surface area contributed by atoms with Gasteiger partial charge in [0.15, 0.2) is 0 Å². The van der Waals surface area contributed by atoms with Gasteiger partial charge in [0.05, 0.1) is 4.91 Å². The van der Waals surface area contributed by atoms with Gasteiger partial charge in [-0.25, -0.2) is 0 Å². The van der Waals surface area contributed by atoms with Gasteiger partial charge >= 0.3 is 0 Å². The highest BCUT2D eigenvalue weighted by molar-refractivity contribution is 8.26. The summed E-state index contributed by atoms with van der Waals surface area (Å²) in [6, 6.07) is 14.9. The first-order valence-electron chi connectivity index (χ1n) is 9.40. The van der Waals surface area contributed by atoms with Crippen molar-refractivity contribution in [2.75, 3.05) is 6.54 Å². The number of thiocarbonyl (C=S) groups is 1. The highest BCUT2D eigenvalue weighted by atomic mass is 32.2. The molecule has 2 aromatic rings. The van der Waals surface area contributed by atoms with Crippen LogP contribution in [0.1, 0.15) is 41.3 Å². The van der Waals surface area contributed by atoms with Crippen LogP contribution in [0.4, 0.5) is 0 Å². The zero-order valence-electron chi connectivity index (χ0n) is 16.1. The molecule has 0 aliphatic carbocycles. The van der Waals surface area contributed by atoms with Crippen LogP contribution >= 0.6 is 24.0 Å². The Bertz CT molecular complexity index is 939. The molecule has 0 bridgehead atoms. The van der Waals surface area contributed by atoms with E-state index in [2.05, 4.69) is 17.6 Å². The van der Waals surface area contributed by atoms with E-state index in [0.717, 1.165) is 24.0 Å². The Morgan fingerprint density at radius 2 is 2.03 bits per heavy atom. The number of carbonyl (C=O) groups is 2. The molecule has 0 saturated carbocycles. The molecule has 150 valence electrons. The molecule has 5 nitrogen and oxygen atoms in total. The standard InChI is InChI=1S/C22H22N2O3S2/c1-2-3-11-23-20(25)17-9-7-15(8-10-17)14-27-18-6-4-5-16(12-18)13-19-21(26)24-22(28)29-19/h4-10,12-13H,2-3,11,14H2,1H3,(H,23,25)(H,24,26,28). The molecule has 1 aliphatic heterocycles. The van der Waals surface area contributed by atoms with E-state index in [1.165, 1.54) is 11.8 Å². The second-order valence-corrected chi connectivity index (χ2v) is 8.24. The van der Waals surface area contributed by atoms with Crippen molar-refractivity contribution in [3.63, 3.8) is 0 Å². The summed E-state index contributed by atoms with van der Waals surface area (Å²) in [4.78, 5) is 24.4. The third kappa shape index (κ3) is 6.17. The second-order valence-electron chi connectivity index (χ2n) is 6.52. The van der Waals surface area contributed by atoms with Gasteiger partial charge in [0, 0.05) is 12.1 Å². The molecule has 0 radical (unpaired) electrons. The van der Waals surface area contributed by atoms with E-state index < -0.39 is 0 Å². The molecule has 1 saturated heterocycles. The number of ether oxygens (including phenoxy) is 1. The molecule has 29 heavy (non-hydrogen) atoms. The number of rotatable bonds is 8. The monoisotopic (exact) mass is 426 g/mol. The molecule has 7 heteroatoms. The molecular formula is C22H22N2O3S2. The Morgan fingerprint density at radius 3 is 2.72 bits per heavy atom. The Kier molecular flexibility index (Phi) is 7.43. The number of unbranched alkanes of at least 4 members (excludes halogenated alkanes) is 1. The SMILES string of the molecule is CCCCNC(=O)c1ccc(COc2cccc(C=C3SC(=S)NC3=O)c2)cc1. The van der Waals surface area contributed by atoms with Gasteiger partial charge in [-0.1, -0.05) is 61.6 Å². The van der Waals surface area contributed by atoms with Crippen molar-refractivity contribution >= 4 is 46.2 Å². The van der Waals surface area contributed by atoms with Crippen LogP contribution in [0.5, 0.6) is 5.75 Å². The predicted molar refractivity (Wildman–Crippen MR) is 121 cm³/mol. The van der Waals surface area contributed by atoms with E-state index in [4.69, 9.17) is 17.0 Å². The molecule has 0 unspecified atom stereocenters. The number of nitrogens with one attached hydrogen (secondary N) is 2. The number of carbonyl (C=O) groups excluding carboxylic acids is 2. The maximum atomic E-state index is 12.0. The zero-order valence-corrected chi connectivity index (χ0v) is 17.7. The topological polar surface area (TPSA) is 67.4 Å². The summed E-state index contributed by atoms with van der Waals surface area (Å²) in [6.07, 6.45) is 3.82. The highest BCUT2D eigenvalue weighted by Crippen LogP contribution is 2.27. The molecule has 1 heterocycles. The fraction of sp³-hybridized carbons (Fsp3) is 0.227. The Balaban J connectivity index is 1.57. The third-order valence-corrected chi connectivity index (χ3v) is 5.40. The van der Waals surface area contributed by atoms with E-state index in [1.807, 2.05) is 36.4 Å². The van der Waals surface area contributed by atoms with Crippen LogP contribution in [0, 0.1) is 0 Å². The van der Waals surface area contributed by atoms with Gasteiger partial charge in [-0.3, -0.25) is 9.59 Å². The van der Waals surface area contributed by atoms with Gasteiger partial charge < -0.3 is 15.4 Å². The average molecular weight is 427 g/mol. The fourth-order valence-corrected chi connectivity index (χ4v) is 3.71. The summed E-state index contributed by atoms with van der Waals surface area (Å²) in [5.74, 6) is 0.469.